The van der Waals surface area contributed by atoms with Crippen LogP contribution >= 0.6 is 27.7 Å². The van der Waals surface area contributed by atoms with Gasteiger partial charge in [-0.05, 0) is 37.5 Å². The van der Waals surface area contributed by atoms with Gasteiger partial charge in [-0.15, -0.1) is 0 Å². The largest absolute Gasteiger partial charge is 0.494 e. The summed E-state index contributed by atoms with van der Waals surface area (Å²) in [5.41, 5.74) is 0. The molecule has 0 bridgehead atoms. The fourth-order valence-electron chi connectivity index (χ4n) is 2.03. The van der Waals surface area contributed by atoms with Crippen LogP contribution in [0, 0.1) is 0 Å². The van der Waals surface area contributed by atoms with Gasteiger partial charge in [-0.2, -0.15) is 0 Å². The molecule has 0 aromatic heterocycles. The minimum atomic E-state index is -0.277. The molecule has 1 atom stereocenters. The van der Waals surface area contributed by atoms with Crippen molar-refractivity contribution in [3.8, 4) is 5.75 Å². The van der Waals surface area contributed by atoms with Crippen LogP contribution in [-0.2, 0) is 9.59 Å². The van der Waals surface area contributed by atoms with Gasteiger partial charge in [0.15, 0.2) is 0 Å². The predicted molar refractivity (Wildman–Crippen MR) is 87.5 cm³/mol. The predicted octanol–water partition coefficient (Wildman–Crippen LogP) is 3.15. The van der Waals surface area contributed by atoms with Crippen LogP contribution in [0.4, 0.5) is 0 Å². The van der Waals surface area contributed by atoms with E-state index in [1.54, 1.807) is 0 Å². The van der Waals surface area contributed by atoms with Crippen LogP contribution in [0.3, 0.4) is 0 Å². The summed E-state index contributed by atoms with van der Waals surface area (Å²) in [5, 5.41) is 2.87. The second kappa shape index (κ2) is 8.44. The lowest BCUT2D eigenvalue weighted by atomic mass is 10.2. The second-order valence-corrected chi connectivity index (χ2v) is 6.85. The molecule has 1 fully saturated rings. The fraction of sp³-hybridized carbons (Fsp3) is 0.467. The number of nitrogens with one attached hydrogen (secondary N) is 1. The standard InChI is InChI=1S/C15H18BrNO3S/c16-11-4-3-5-12(10-11)20-8-2-1-6-14(18)17-13-7-9-21-15(13)19/h3-5,10,13H,1-2,6-9H2,(H,17,18). The van der Waals surface area contributed by atoms with E-state index in [-0.39, 0.29) is 17.1 Å². The Morgan fingerprint density at radius 1 is 1.43 bits per heavy atom. The molecule has 4 nitrogen and oxygen atoms in total. The summed E-state index contributed by atoms with van der Waals surface area (Å²) in [4.78, 5) is 23.1. The number of rotatable bonds is 7. The quantitative estimate of drug-likeness (QED) is 0.748. The molecular formula is C15H18BrNO3S. The molecule has 1 aliphatic rings. The van der Waals surface area contributed by atoms with Crippen LogP contribution in [-0.4, -0.2) is 29.4 Å². The lowest BCUT2D eigenvalue weighted by Gasteiger charge is -2.10. The van der Waals surface area contributed by atoms with Crippen LogP contribution in [0.25, 0.3) is 0 Å². The van der Waals surface area contributed by atoms with Crippen LogP contribution in [0.1, 0.15) is 25.7 Å². The Balaban J connectivity index is 1.57. The Kier molecular flexibility index (Phi) is 6.57. The highest BCUT2D eigenvalue weighted by Gasteiger charge is 2.26. The Labute approximate surface area is 137 Å². The number of ether oxygens (including phenoxy) is 1. The zero-order valence-corrected chi connectivity index (χ0v) is 14.0. The number of carbonyl (C=O) groups excluding carboxylic acids is 2. The summed E-state index contributed by atoms with van der Waals surface area (Å²) in [6, 6.07) is 7.40. The smallest absolute Gasteiger partial charge is 0.220 e. The van der Waals surface area contributed by atoms with Gasteiger partial charge < -0.3 is 10.1 Å². The van der Waals surface area contributed by atoms with Gasteiger partial charge in [-0.3, -0.25) is 9.59 Å². The maximum Gasteiger partial charge on any atom is 0.220 e. The van der Waals surface area contributed by atoms with E-state index >= 15 is 0 Å². The number of carbonyl (C=O) groups is 2. The monoisotopic (exact) mass is 371 g/mol. The molecule has 6 heteroatoms. The van der Waals surface area contributed by atoms with Gasteiger partial charge in [0, 0.05) is 16.6 Å². The van der Waals surface area contributed by atoms with Gasteiger partial charge in [0.1, 0.15) is 5.75 Å². The highest BCUT2D eigenvalue weighted by Crippen LogP contribution is 2.20. The Hall–Kier alpha value is -1.01. The van der Waals surface area contributed by atoms with Gasteiger partial charge in [-0.1, -0.05) is 33.8 Å². The first kappa shape index (κ1) is 16.4. The molecule has 1 N–H and O–H groups in total. The van der Waals surface area contributed by atoms with Gasteiger partial charge in [0.25, 0.3) is 0 Å². The number of hydrogen-bond donors (Lipinski definition) is 1. The summed E-state index contributed by atoms with van der Waals surface area (Å²) >= 11 is 4.69. The molecular weight excluding hydrogens is 354 g/mol. The average Bonchev–Trinajstić information content (AvgIpc) is 2.84. The van der Waals surface area contributed by atoms with Crippen molar-refractivity contribution in [3.63, 3.8) is 0 Å². The number of hydrogen-bond acceptors (Lipinski definition) is 4. The average molecular weight is 372 g/mol. The molecule has 0 aliphatic carbocycles. The fourth-order valence-corrected chi connectivity index (χ4v) is 3.34. The molecule has 1 aliphatic heterocycles. The first-order chi connectivity index (χ1) is 10.1. The zero-order chi connectivity index (χ0) is 15.1. The normalized spacial score (nSPS) is 17.8. The highest BCUT2D eigenvalue weighted by atomic mass is 79.9. The van der Waals surface area contributed by atoms with Gasteiger partial charge in [0.05, 0.1) is 12.6 Å². The molecule has 1 unspecified atom stereocenters. The molecule has 1 aromatic carbocycles. The number of unbranched alkanes of at least 4 members (excludes halogenated alkanes) is 1. The topological polar surface area (TPSA) is 55.4 Å². The first-order valence-electron chi connectivity index (χ1n) is 6.99. The minimum absolute atomic E-state index is 0.0432. The molecule has 0 spiro atoms. The van der Waals surface area contributed by atoms with Crippen molar-refractivity contribution in [3.05, 3.63) is 28.7 Å². The third-order valence-corrected chi connectivity index (χ3v) is 4.64. The van der Waals surface area contributed by atoms with Crippen LogP contribution < -0.4 is 10.1 Å². The van der Waals surface area contributed by atoms with Crippen molar-refractivity contribution < 1.29 is 14.3 Å². The molecule has 21 heavy (non-hydrogen) atoms. The molecule has 1 aromatic rings. The van der Waals surface area contributed by atoms with E-state index < -0.39 is 0 Å². The van der Waals surface area contributed by atoms with Crippen molar-refractivity contribution in [1.29, 1.82) is 0 Å². The first-order valence-corrected chi connectivity index (χ1v) is 8.77. The number of amides is 1. The van der Waals surface area contributed by atoms with Gasteiger partial charge in [-0.25, -0.2) is 0 Å². The number of thioether (sulfide) groups is 1. The minimum Gasteiger partial charge on any atom is -0.494 e. The van der Waals surface area contributed by atoms with Crippen molar-refractivity contribution in [2.24, 2.45) is 0 Å². The van der Waals surface area contributed by atoms with E-state index in [0.717, 1.165) is 35.2 Å². The summed E-state index contributed by atoms with van der Waals surface area (Å²) in [5.74, 6) is 1.59. The summed E-state index contributed by atoms with van der Waals surface area (Å²) < 4.78 is 6.58. The SMILES string of the molecule is O=C(CCCCOc1cccc(Br)c1)NC1CCSC1=O. The van der Waals surface area contributed by atoms with E-state index in [1.807, 2.05) is 24.3 Å². The van der Waals surface area contributed by atoms with Crippen molar-refractivity contribution in [1.82, 2.24) is 5.32 Å². The number of halogens is 1. The van der Waals surface area contributed by atoms with E-state index in [2.05, 4.69) is 21.2 Å². The Morgan fingerprint density at radius 2 is 2.29 bits per heavy atom. The highest BCUT2D eigenvalue weighted by molar-refractivity contribution is 9.10. The molecule has 2 rings (SSSR count). The number of benzene rings is 1. The van der Waals surface area contributed by atoms with E-state index in [4.69, 9.17) is 4.74 Å². The van der Waals surface area contributed by atoms with E-state index in [0.29, 0.717) is 13.0 Å². The lowest BCUT2D eigenvalue weighted by Crippen LogP contribution is -2.36. The molecule has 1 amide bonds. The van der Waals surface area contributed by atoms with Crippen LogP contribution in [0.15, 0.2) is 28.7 Å². The van der Waals surface area contributed by atoms with Gasteiger partial charge >= 0.3 is 0 Å². The Morgan fingerprint density at radius 3 is 3.00 bits per heavy atom. The second-order valence-electron chi connectivity index (χ2n) is 4.84. The van der Waals surface area contributed by atoms with Gasteiger partial charge in [0.2, 0.25) is 11.0 Å². The van der Waals surface area contributed by atoms with E-state index in [1.165, 1.54) is 11.8 Å². The summed E-state index contributed by atoms with van der Waals surface area (Å²) in [7, 11) is 0. The maximum absolute atomic E-state index is 11.7. The van der Waals surface area contributed by atoms with Crippen LogP contribution in [0.5, 0.6) is 5.75 Å². The maximum atomic E-state index is 11.7. The molecule has 1 saturated heterocycles. The Bertz CT molecular complexity index is 509. The van der Waals surface area contributed by atoms with Crippen molar-refractivity contribution >= 4 is 38.7 Å². The third kappa shape index (κ3) is 5.71. The third-order valence-electron chi connectivity index (χ3n) is 3.13. The van der Waals surface area contributed by atoms with Crippen LogP contribution in [0.2, 0.25) is 0 Å². The molecule has 114 valence electrons. The van der Waals surface area contributed by atoms with Crippen molar-refractivity contribution in [2.75, 3.05) is 12.4 Å². The molecule has 0 saturated carbocycles. The summed E-state index contributed by atoms with van der Waals surface area (Å²) in [6.07, 6.45) is 2.76. The molecule has 1 heterocycles. The lowest BCUT2D eigenvalue weighted by molar-refractivity contribution is -0.124. The summed E-state index contributed by atoms with van der Waals surface area (Å²) in [6.45, 7) is 0.585. The van der Waals surface area contributed by atoms with Crippen molar-refractivity contribution in [2.45, 2.75) is 31.7 Å². The molecule has 0 radical (unpaired) electrons. The van der Waals surface area contributed by atoms with E-state index in [9.17, 15) is 9.59 Å². The zero-order valence-electron chi connectivity index (χ0n) is 11.6.